The van der Waals surface area contributed by atoms with Crippen LogP contribution < -0.4 is 15.4 Å². The third kappa shape index (κ3) is 5.38. The fourth-order valence-corrected chi connectivity index (χ4v) is 3.56. The summed E-state index contributed by atoms with van der Waals surface area (Å²) >= 11 is 12.0. The first kappa shape index (κ1) is 23.3. The van der Waals surface area contributed by atoms with Crippen LogP contribution in [-0.4, -0.2) is 41.2 Å². The number of nitrogens with one attached hydrogen (secondary N) is 2. The van der Waals surface area contributed by atoms with Gasteiger partial charge in [0.2, 0.25) is 0 Å². The topological polar surface area (TPSA) is 121 Å². The van der Waals surface area contributed by atoms with E-state index in [1.165, 1.54) is 21.6 Å². The largest absolute Gasteiger partial charge is 0.470 e. The highest BCUT2D eigenvalue weighted by Gasteiger charge is 2.20. The van der Waals surface area contributed by atoms with Gasteiger partial charge in [-0.25, -0.2) is 4.68 Å². The van der Waals surface area contributed by atoms with Crippen LogP contribution in [0.1, 0.15) is 26.5 Å². The summed E-state index contributed by atoms with van der Waals surface area (Å²) < 4.78 is 10.1. The van der Waals surface area contributed by atoms with E-state index < -0.39 is 11.8 Å². The molecule has 0 fully saturated rings. The van der Waals surface area contributed by atoms with Gasteiger partial charge in [-0.15, -0.1) is 0 Å². The van der Waals surface area contributed by atoms with Crippen LogP contribution in [-0.2, 0) is 27.4 Å². The van der Waals surface area contributed by atoms with Crippen molar-refractivity contribution in [3.8, 4) is 5.75 Å². The van der Waals surface area contributed by atoms with Gasteiger partial charge in [0.25, 0.3) is 11.8 Å². The zero-order valence-electron chi connectivity index (χ0n) is 18.2. The summed E-state index contributed by atoms with van der Waals surface area (Å²) in [5.74, 6) is -0.458. The van der Waals surface area contributed by atoms with Gasteiger partial charge in [0.1, 0.15) is 11.4 Å². The van der Waals surface area contributed by atoms with Crippen LogP contribution in [0, 0.1) is 0 Å². The lowest BCUT2D eigenvalue weighted by atomic mass is 10.3. The number of ether oxygens (including phenoxy) is 1. The molecule has 0 spiro atoms. The average Bonchev–Trinajstić information content (AvgIpc) is 3.52. The number of nitrogens with zero attached hydrogens (tertiary/aromatic N) is 6. The maximum atomic E-state index is 12.7. The Hall–Kier alpha value is -3.83. The quantitative estimate of drug-likeness (QED) is 0.382. The summed E-state index contributed by atoms with van der Waals surface area (Å²) in [6.45, 7) is 0.316. The molecule has 1 aromatic carbocycles. The highest BCUT2D eigenvalue weighted by Crippen LogP contribution is 2.27. The molecule has 0 radical (unpaired) electrons. The lowest BCUT2D eigenvalue weighted by molar-refractivity contribution is 0.0942. The number of aromatic nitrogens is 6. The van der Waals surface area contributed by atoms with Crippen molar-refractivity contribution in [2.24, 2.45) is 14.1 Å². The maximum Gasteiger partial charge on any atom is 0.276 e. The molecular formula is C21H20Cl2N8O3. The van der Waals surface area contributed by atoms with E-state index in [-0.39, 0.29) is 30.4 Å². The molecule has 2 amide bonds. The van der Waals surface area contributed by atoms with Crippen LogP contribution in [0.5, 0.6) is 5.75 Å². The summed E-state index contributed by atoms with van der Waals surface area (Å²) in [4.78, 5) is 25.4. The van der Waals surface area contributed by atoms with Crippen molar-refractivity contribution in [1.29, 1.82) is 0 Å². The predicted octanol–water partition coefficient (Wildman–Crippen LogP) is 2.88. The van der Waals surface area contributed by atoms with E-state index in [1.807, 2.05) is 0 Å². The van der Waals surface area contributed by atoms with Crippen LogP contribution in [0.3, 0.4) is 0 Å². The zero-order chi connectivity index (χ0) is 24.2. The van der Waals surface area contributed by atoms with E-state index in [0.717, 1.165) is 5.56 Å². The van der Waals surface area contributed by atoms with Crippen molar-refractivity contribution in [3.05, 3.63) is 76.0 Å². The lowest BCUT2D eigenvalue weighted by Crippen LogP contribution is -2.26. The van der Waals surface area contributed by atoms with E-state index in [0.29, 0.717) is 15.8 Å². The minimum Gasteiger partial charge on any atom is -0.470 e. The molecule has 176 valence electrons. The van der Waals surface area contributed by atoms with Gasteiger partial charge < -0.3 is 15.4 Å². The highest BCUT2D eigenvalue weighted by molar-refractivity contribution is 6.35. The first-order chi connectivity index (χ1) is 16.3. The molecule has 3 aromatic heterocycles. The molecule has 2 N–H and O–H groups in total. The van der Waals surface area contributed by atoms with Crippen LogP contribution in [0.15, 0.2) is 49.1 Å². The first-order valence-corrected chi connectivity index (χ1v) is 10.8. The van der Waals surface area contributed by atoms with Crippen molar-refractivity contribution in [3.63, 3.8) is 0 Å². The smallest absolute Gasteiger partial charge is 0.276 e. The summed E-state index contributed by atoms with van der Waals surface area (Å²) in [5, 5.41) is 18.7. The van der Waals surface area contributed by atoms with Crippen LogP contribution in [0.25, 0.3) is 0 Å². The second kappa shape index (κ2) is 9.98. The number of anilines is 1. The Morgan fingerprint density at radius 1 is 1.09 bits per heavy atom. The van der Waals surface area contributed by atoms with E-state index in [1.54, 1.807) is 55.6 Å². The fourth-order valence-electron chi connectivity index (χ4n) is 3.10. The lowest BCUT2D eigenvalue weighted by Gasteiger charge is -2.08. The van der Waals surface area contributed by atoms with E-state index in [9.17, 15) is 9.59 Å². The predicted molar refractivity (Wildman–Crippen MR) is 125 cm³/mol. The Morgan fingerprint density at radius 3 is 2.65 bits per heavy atom. The standard InChI is InChI=1S/C21H20Cl2N8O3/c1-29-11-13(9-25-29)8-24-21(33)19-17(10-26-30(19)2)27-20(32)16-5-6-31(28-16)12-34-18-4-3-14(22)7-15(18)23/h3-7,9-11H,8,12H2,1-2H3,(H,24,33)(H,27,32). The molecule has 0 saturated carbocycles. The molecule has 0 unspecified atom stereocenters. The van der Waals surface area contributed by atoms with Gasteiger partial charge in [-0.2, -0.15) is 15.3 Å². The second-order valence-corrected chi connectivity index (χ2v) is 8.12. The van der Waals surface area contributed by atoms with Crippen LogP contribution in [0.4, 0.5) is 5.69 Å². The normalized spacial score (nSPS) is 10.8. The number of hydrogen-bond acceptors (Lipinski definition) is 6. The maximum absolute atomic E-state index is 12.7. The second-order valence-electron chi connectivity index (χ2n) is 7.28. The Labute approximate surface area is 204 Å². The van der Waals surface area contributed by atoms with Gasteiger partial charge in [0.15, 0.2) is 12.4 Å². The van der Waals surface area contributed by atoms with Crippen LogP contribution >= 0.6 is 23.2 Å². The molecular weight excluding hydrogens is 483 g/mol. The molecule has 0 aliphatic heterocycles. The third-order valence-electron chi connectivity index (χ3n) is 4.73. The molecule has 11 nitrogen and oxygen atoms in total. The van der Waals surface area contributed by atoms with Gasteiger partial charge in [0.05, 0.1) is 23.1 Å². The average molecular weight is 503 g/mol. The molecule has 4 rings (SSSR count). The monoisotopic (exact) mass is 502 g/mol. The molecule has 0 saturated heterocycles. The Kier molecular flexibility index (Phi) is 6.85. The SMILES string of the molecule is Cn1cc(CNC(=O)c2c(NC(=O)c3ccn(COc4ccc(Cl)cc4Cl)n3)cnn2C)cn1. The molecule has 34 heavy (non-hydrogen) atoms. The van der Waals surface area contributed by atoms with E-state index >= 15 is 0 Å². The van der Waals surface area contributed by atoms with E-state index in [4.69, 9.17) is 27.9 Å². The molecule has 0 aliphatic rings. The number of halogens is 2. The number of rotatable bonds is 8. The third-order valence-corrected chi connectivity index (χ3v) is 5.26. The molecule has 3 heterocycles. The van der Waals surface area contributed by atoms with Gasteiger partial charge in [0, 0.05) is 43.6 Å². The molecule has 0 atom stereocenters. The minimum absolute atomic E-state index is 0.0313. The Bertz CT molecular complexity index is 1340. The van der Waals surface area contributed by atoms with E-state index in [2.05, 4.69) is 25.9 Å². The summed E-state index contributed by atoms with van der Waals surface area (Å²) in [7, 11) is 3.41. The summed E-state index contributed by atoms with van der Waals surface area (Å²) in [5.41, 5.74) is 1.44. The number of benzene rings is 1. The number of carbonyl (C=O) groups excluding carboxylic acids is 2. The van der Waals surface area contributed by atoms with Gasteiger partial charge in [-0.05, 0) is 24.3 Å². The highest BCUT2D eigenvalue weighted by atomic mass is 35.5. The van der Waals surface area contributed by atoms with Crippen molar-refractivity contribution < 1.29 is 14.3 Å². The fraction of sp³-hybridized carbons (Fsp3) is 0.190. The van der Waals surface area contributed by atoms with Gasteiger partial charge >= 0.3 is 0 Å². The van der Waals surface area contributed by atoms with Crippen molar-refractivity contribution >= 4 is 40.7 Å². The molecule has 0 bridgehead atoms. The van der Waals surface area contributed by atoms with Crippen LogP contribution in [0.2, 0.25) is 10.0 Å². The van der Waals surface area contributed by atoms with Gasteiger partial charge in [-0.1, -0.05) is 23.2 Å². The first-order valence-electron chi connectivity index (χ1n) is 10.0. The number of amides is 2. The number of carbonyl (C=O) groups is 2. The molecule has 13 heteroatoms. The minimum atomic E-state index is -0.502. The van der Waals surface area contributed by atoms with Gasteiger partial charge in [-0.3, -0.25) is 19.0 Å². The summed E-state index contributed by atoms with van der Waals surface area (Å²) in [6.07, 6.45) is 6.45. The molecule has 0 aliphatic carbocycles. The number of aryl methyl sites for hydroxylation is 2. The van der Waals surface area contributed by atoms with Crippen molar-refractivity contribution in [2.45, 2.75) is 13.3 Å². The Balaban J connectivity index is 1.38. The summed E-state index contributed by atoms with van der Waals surface area (Å²) in [6, 6.07) is 6.40. The molecule has 4 aromatic rings. The zero-order valence-corrected chi connectivity index (χ0v) is 19.7. The van der Waals surface area contributed by atoms with Crippen molar-refractivity contribution in [1.82, 2.24) is 34.7 Å². The van der Waals surface area contributed by atoms with Crippen molar-refractivity contribution in [2.75, 3.05) is 5.32 Å². The number of hydrogen-bond donors (Lipinski definition) is 2. The Morgan fingerprint density at radius 2 is 1.91 bits per heavy atom.